The van der Waals surface area contributed by atoms with Crippen LogP contribution in [0.15, 0.2) is 28.7 Å². The number of aromatic nitrogens is 2. The molecule has 2 radical (unpaired) electrons. The number of hydrogen-bond donors (Lipinski definition) is 0. The Hall–Kier alpha value is -1.46. The lowest BCUT2D eigenvalue weighted by atomic mass is 10.1. The normalized spacial score (nSPS) is 15.1. The minimum atomic E-state index is 0.390. The summed E-state index contributed by atoms with van der Waals surface area (Å²) >= 11 is 0. The van der Waals surface area contributed by atoms with Crippen molar-refractivity contribution < 1.29 is 9.15 Å². The predicted molar refractivity (Wildman–Crippen MR) is 91.6 cm³/mol. The van der Waals surface area contributed by atoms with Crippen LogP contribution in [0.1, 0.15) is 50.5 Å². The van der Waals surface area contributed by atoms with Crippen molar-refractivity contribution in [2.75, 3.05) is 6.61 Å². The molecule has 5 heteroatoms. The third kappa shape index (κ3) is 4.51. The van der Waals surface area contributed by atoms with Crippen LogP contribution in [0.2, 0.25) is 11.6 Å². The van der Waals surface area contributed by atoms with Crippen molar-refractivity contribution >= 4 is 9.52 Å². The van der Waals surface area contributed by atoms with E-state index in [1.807, 2.05) is 12.1 Å². The Kier molecular flexibility index (Phi) is 4.97. The molecular weight excluding hydrogens is 304 g/mol. The van der Waals surface area contributed by atoms with Crippen molar-refractivity contribution in [1.82, 2.24) is 10.2 Å². The number of rotatable bonds is 8. The lowest BCUT2D eigenvalue weighted by Crippen LogP contribution is -2.12. The Morgan fingerprint density at radius 1 is 1.22 bits per heavy atom. The number of hydrogen-bond acceptors (Lipinski definition) is 4. The van der Waals surface area contributed by atoms with E-state index in [4.69, 9.17) is 9.15 Å². The highest BCUT2D eigenvalue weighted by Gasteiger charge is 2.29. The first-order chi connectivity index (χ1) is 11.1. The maximum atomic E-state index is 5.80. The molecule has 1 aromatic heterocycles. The highest BCUT2D eigenvalue weighted by Crippen LogP contribution is 2.39. The standard InChI is InChI=1S/C18H24N2O2Si/c1-18(2,23-3)10-11-21-12-13-4-6-14(7-5-13)16-19-20-17(22-16)15-8-9-15/h4-7,15H,8-12H2,1-3H3. The summed E-state index contributed by atoms with van der Waals surface area (Å²) in [5.74, 6) is 1.90. The molecule has 0 atom stereocenters. The number of benzene rings is 1. The molecule has 122 valence electrons. The molecular formula is C18H24N2O2Si. The quantitative estimate of drug-likeness (QED) is 0.530. The van der Waals surface area contributed by atoms with Crippen LogP contribution < -0.4 is 0 Å². The summed E-state index contributed by atoms with van der Waals surface area (Å²) in [6.45, 7) is 8.31. The summed E-state index contributed by atoms with van der Waals surface area (Å²) in [7, 11) is 0.946. The second-order valence-electron chi connectivity index (χ2n) is 6.85. The van der Waals surface area contributed by atoms with Crippen molar-refractivity contribution in [3.63, 3.8) is 0 Å². The molecule has 0 amide bonds. The van der Waals surface area contributed by atoms with E-state index >= 15 is 0 Å². The Morgan fingerprint density at radius 3 is 2.61 bits per heavy atom. The van der Waals surface area contributed by atoms with Gasteiger partial charge in [0.2, 0.25) is 11.8 Å². The van der Waals surface area contributed by atoms with Crippen LogP contribution in [0.25, 0.3) is 11.5 Å². The van der Waals surface area contributed by atoms with Crippen LogP contribution in [0.5, 0.6) is 0 Å². The first kappa shape index (κ1) is 16.4. The average molecular weight is 328 g/mol. The molecule has 1 heterocycles. The third-order valence-electron chi connectivity index (χ3n) is 4.39. The SMILES string of the molecule is C[Si]C(C)(C)CCOCc1ccc(-c2nnc(C3CC3)o2)cc1. The molecule has 4 nitrogen and oxygen atoms in total. The highest BCUT2D eigenvalue weighted by atomic mass is 28.2. The zero-order valence-electron chi connectivity index (χ0n) is 14.1. The van der Waals surface area contributed by atoms with Crippen molar-refractivity contribution in [3.8, 4) is 11.5 Å². The zero-order chi connectivity index (χ0) is 16.3. The smallest absolute Gasteiger partial charge is 0.247 e. The number of nitrogens with zero attached hydrogens (tertiary/aromatic N) is 2. The third-order valence-corrected chi connectivity index (χ3v) is 5.99. The molecule has 23 heavy (non-hydrogen) atoms. The van der Waals surface area contributed by atoms with Gasteiger partial charge in [-0.25, -0.2) is 0 Å². The van der Waals surface area contributed by atoms with E-state index in [9.17, 15) is 0 Å². The monoisotopic (exact) mass is 328 g/mol. The summed E-state index contributed by atoms with van der Waals surface area (Å²) in [6.07, 6.45) is 3.45. The summed E-state index contributed by atoms with van der Waals surface area (Å²) in [6, 6.07) is 8.20. The van der Waals surface area contributed by atoms with E-state index in [0.29, 0.717) is 23.5 Å². The summed E-state index contributed by atoms with van der Waals surface area (Å²) in [4.78, 5) is 0. The molecule has 1 aliphatic carbocycles. The van der Waals surface area contributed by atoms with Crippen LogP contribution in [-0.4, -0.2) is 26.3 Å². The fourth-order valence-electron chi connectivity index (χ4n) is 2.23. The van der Waals surface area contributed by atoms with Gasteiger partial charge >= 0.3 is 0 Å². The molecule has 1 saturated carbocycles. The Morgan fingerprint density at radius 2 is 1.96 bits per heavy atom. The second-order valence-corrected chi connectivity index (χ2v) is 8.71. The maximum absolute atomic E-state index is 5.80. The van der Waals surface area contributed by atoms with Gasteiger partial charge < -0.3 is 9.15 Å². The van der Waals surface area contributed by atoms with Gasteiger partial charge in [0.15, 0.2) is 0 Å². The van der Waals surface area contributed by atoms with Crippen molar-refractivity contribution in [3.05, 3.63) is 35.7 Å². The Balaban J connectivity index is 1.50. The van der Waals surface area contributed by atoms with Gasteiger partial charge in [-0.05, 0) is 42.0 Å². The summed E-state index contributed by atoms with van der Waals surface area (Å²) in [5, 5.41) is 8.66. The molecule has 1 aliphatic rings. The molecule has 0 N–H and O–H groups in total. The van der Waals surface area contributed by atoms with E-state index in [1.165, 1.54) is 18.4 Å². The van der Waals surface area contributed by atoms with Gasteiger partial charge in [0.1, 0.15) is 0 Å². The van der Waals surface area contributed by atoms with Gasteiger partial charge in [-0.2, -0.15) is 0 Å². The molecule has 0 aliphatic heterocycles. The molecule has 0 saturated heterocycles. The molecule has 0 bridgehead atoms. The topological polar surface area (TPSA) is 48.2 Å². The molecule has 0 unspecified atom stereocenters. The van der Waals surface area contributed by atoms with Crippen molar-refractivity contribution in [1.29, 1.82) is 0 Å². The first-order valence-electron chi connectivity index (χ1n) is 8.27. The van der Waals surface area contributed by atoms with E-state index in [1.54, 1.807) is 0 Å². The molecule has 1 aromatic carbocycles. The van der Waals surface area contributed by atoms with Gasteiger partial charge in [0.05, 0.1) is 6.61 Å². The van der Waals surface area contributed by atoms with E-state index in [2.05, 4.69) is 42.7 Å². The van der Waals surface area contributed by atoms with Gasteiger partial charge in [0.25, 0.3) is 0 Å². The maximum Gasteiger partial charge on any atom is 0.247 e. The second kappa shape index (κ2) is 6.97. The molecule has 2 aromatic rings. The van der Waals surface area contributed by atoms with Gasteiger partial charge in [-0.15, -0.1) is 10.2 Å². The molecule has 3 rings (SSSR count). The first-order valence-corrected chi connectivity index (χ1v) is 9.77. The Labute approximate surface area is 140 Å². The van der Waals surface area contributed by atoms with Crippen LogP contribution >= 0.6 is 0 Å². The fraction of sp³-hybridized carbons (Fsp3) is 0.556. The van der Waals surface area contributed by atoms with Gasteiger partial charge in [0, 0.05) is 27.6 Å². The summed E-state index contributed by atoms with van der Waals surface area (Å²) in [5.41, 5.74) is 2.15. The van der Waals surface area contributed by atoms with E-state index < -0.39 is 0 Å². The van der Waals surface area contributed by atoms with Gasteiger partial charge in [-0.1, -0.05) is 32.5 Å². The van der Waals surface area contributed by atoms with Crippen LogP contribution in [-0.2, 0) is 11.3 Å². The van der Waals surface area contributed by atoms with E-state index in [-0.39, 0.29) is 0 Å². The van der Waals surface area contributed by atoms with Crippen LogP contribution in [0.4, 0.5) is 0 Å². The van der Waals surface area contributed by atoms with Gasteiger partial charge in [-0.3, -0.25) is 0 Å². The van der Waals surface area contributed by atoms with Crippen molar-refractivity contribution in [2.24, 2.45) is 0 Å². The summed E-state index contributed by atoms with van der Waals surface area (Å²) < 4.78 is 11.5. The highest BCUT2D eigenvalue weighted by molar-refractivity contribution is 6.37. The van der Waals surface area contributed by atoms with E-state index in [0.717, 1.165) is 34.0 Å². The minimum absolute atomic E-state index is 0.390. The fourth-order valence-corrected chi connectivity index (χ4v) is 2.58. The van der Waals surface area contributed by atoms with Crippen LogP contribution in [0.3, 0.4) is 0 Å². The lowest BCUT2D eigenvalue weighted by molar-refractivity contribution is 0.112. The minimum Gasteiger partial charge on any atom is -0.420 e. The zero-order valence-corrected chi connectivity index (χ0v) is 15.1. The van der Waals surface area contributed by atoms with Crippen LogP contribution in [0, 0.1) is 0 Å². The largest absolute Gasteiger partial charge is 0.420 e. The number of ether oxygens (including phenoxy) is 1. The molecule has 0 spiro atoms. The Bertz CT molecular complexity index is 633. The predicted octanol–water partition coefficient (Wildman–Crippen LogP) is 4.47. The lowest BCUT2D eigenvalue weighted by Gasteiger charge is -2.21. The average Bonchev–Trinajstić information content (AvgIpc) is 3.30. The molecule has 1 fully saturated rings. The van der Waals surface area contributed by atoms with Crippen molar-refractivity contribution in [2.45, 2.75) is 57.2 Å².